The Morgan fingerprint density at radius 3 is 2.62 bits per heavy atom. The van der Waals surface area contributed by atoms with Crippen molar-refractivity contribution in [1.29, 1.82) is 5.26 Å². The first-order valence-electron chi connectivity index (χ1n) is 4.11. The lowest BCUT2D eigenvalue weighted by Gasteiger charge is -2.14. The van der Waals surface area contributed by atoms with E-state index in [0.717, 1.165) is 5.56 Å². The first-order valence-corrected chi connectivity index (χ1v) is 4.11. The summed E-state index contributed by atoms with van der Waals surface area (Å²) in [7, 11) is 1.88. The number of aryl methyl sites for hydroxylation is 1. The van der Waals surface area contributed by atoms with Gasteiger partial charge >= 0.3 is 0 Å². The van der Waals surface area contributed by atoms with Crippen LogP contribution in [0.2, 0.25) is 0 Å². The molecule has 1 rings (SSSR count). The number of hydrogen-bond donors (Lipinski definition) is 0. The lowest BCUT2D eigenvalue weighted by atomic mass is 10.4. The summed E-state index contributed by atoms with van der Waals surface area (Å²) in [6.07, 6.45) is 4.03. The summed E-state index contributed by atoms with van der Waals surface area (Å²) in [6, 6.07) is 2.08. The molecule has 0 fully saturated rings. The zero-order valence-corrected chi connectivity index (χ0v) is 7.86. The number of nitriles is 1. The zero-order valence-electron chi connectivity index (χ0n) is 7.86. The van der Waals surface area contributed by atoms with Crippen molar-refractivity contribution in [3.63, 3.8) is 0 Å². The fourth-order valence-electron chi connectivity index (χ4n) is 0.901. The molecule has 1 aromatic rings. The van der Waals surface area contributed by atoms with Crippen LogP contribution in [-0.2, 0) is 0 Å². The van der Waals surface area contributed by atoms with E-state index >= 15 is 0 Å². The topological polar surface area (TPSA) is 52.8 Å². The molecule has 0 aromatic carbocycles. The van der Waals surface area contributed by atoms with E-state index < -0.39 is 0 Å². The Morgan fingerprint density at radius 2 is 2.08 bits per heavy atom. The minimum Gasteiger partial charge on any atom is -0.343 e. The summed E-state index contributed by atoms with van der Waals surface area (Å²) in [6.45, 7) is 2.61. The van der Waals surface area contributed by atoms with Crippen LogP contribution in [-0.4, -0.2) is 23.6 Å². The maximum atomic E-state index is 8.39. The molecular formula is C9H12N4. The van der Waals surface area contributed by atoms with Gasteiger partial charge in [-0.25, -0.2) is 9.97 Å². The van der Waals surface area contributed by atoms with E-state index in [4.69, 9.17) is 5.26 Å². The molecule has 0 aliphatic carbocycles. The van der Waals surface area contributed by atoms with Crippen molar-refractivity contribution in [2.75, 3.05) is 18.5 Å². The van der Waals surface area contributed by atoms with Crippen molar-refractivity contribution < 1.29 is 0 Å². The number of hydrogen-bond acceptors (Lipinski definition) is 4. The molecule has 0 aliphatic rings. The smallest absolute Gasteiger partial charge is 0.225 e. The van der Waals surface area contributed by atoms with Crippen LogP contribution in [0, 0.1) is 18.3 Å². The predicted molar refractivity (Wildman–Crippen MR) is 50.3 cm³/mol. The average Bonchev–Trinajstić information content (AvgIpc) is 2.15. The second-order valence-electron chi connectivity index (χ2n) is 2.89. The van der Waals surface area contributed by atoms with Crippen molar-refractivity contribution in [2.45, 2.75) is 13.3 Å². The molecule has 4 nitrogen and oxygen atoms in total. The van der Waals surface area contributed by atoms with Crippen LogP contribution in [0.15, 0.2) is 12.4 Å². The quantitative estimate of drug-likeness (QED) is 0.692. The van der Waals surface area contributed by atoms with Gasteiger partial charge in [0.25, 0.3) is 0 Å². The Hall–Kier alpha value is -1.63. The van der Waals surface area contributed by atoms with Crippen molar-refractivity contribution >= 4 is 5.95 Å². The number of aromatic nitrogens is 2. The number of anilines is 1. The highest BCUT2D eigenvalue weighted by atomic mass is 15.2. The van der Waals surface area contributed by atoms with Crippen molar-refractivity contribution in [1.82, 2.24) is 9.97 Å². The predicted octanol–water partition coefficient (Wildman–Crippen LogP) is 1.13. The lowest BCUT2D eigenvalue weighted by Crippen LogP contribution is -2.20. The van der Waals surface area contributed by atoms with Gasteiger partial charge in [0.2, 0.25) is 5.95 Å². The van der Waals surface area contributed by atoms with Gasteiger partial charge in [-0.05, 0) is 12.5 Å². The molecule has 0 radical (unpaired) electrons. The Bertz CT molecular complexity index is 298. The Kier molecular flexibility index (Phi) is 3.21. The van der Waals surface area contributed by atoms with Crippen LogP contribution in [0.3, 0.4) is 0 Å². The van der Waals surface area contributed by atoms with Crippen LogP contribution in [0.5, 0.6) is 0 Å². The summed E-state index contributed by atoms with van der Waals surface area (Å²) in [5, 5.41) is 8.39. The molecular weight excluding hydrogens is 164 g/mol. The summed E-state index contributed by atoms with van der Waals surface area (Å²) in [4.78, 5) is 10.1. The summed E-state index contributed by atoms with van der Waals surface area (Å²) in [5.41, 5.74) is 1.04. The zero-order chi connectivity index (χ0) is 9.68. The van der Waals surface area contributed by atoms with Gasteiger partial charge in [-0.1, -0.05) is 0 Å². The second-order valence-corrected chi connectivity index (χ2v) is 2.89. The third-order valence-electron chi connectivity index (χ3n) is 1.67. The van der Waals surface area contributed by atoms with Gasteiger partial charge in [0.15, 0.2) is 0 Å². The fourth-order valence-corrected chi connectivity index (χ4v) is 0.901. The molecule has 0 aliphatic heterocycles. The van der Waals surface area contributed by atoms with Crippen molar-refractivity contribution in [2.24, 2.45) is 0 Å². The monoisotopic (exact) mass is 176 g/mol. The highest BCUT2D eigenvalue weighted by Gasteiger charge is 2.01. The van der Waals surface area contributed by atoms with E-state index in [0.29, 0.717) is 18.9 Å². The molecule has 0 bridgehead atoms. The minimum absolute atomic E-state index is 0.494. The van der Waals surface area contributed by atoms with Gasteiger partial charge in [-0.3, -0.25) is 0 Å². The van der Waals surface area contributed by atoms with E-state index in [9.17, 15) is 0 Å². The molecule has 0 saturated carbocycles. The van der Waals surface area contributed by atoms with Crippen LogP contribution in [0.4, 0.5) is 5.95 Å². The first kappa shape index (κ1) is 9.46. The fraction of sp³-hybridized carbons (Fsp3) is 0.444. The van der Waals surface area contributed by atoms with Crippen molar-refractivity contribution in [3.8, 4) is 6.07 Å². The molecule has 0 amide bonds. The maximum absolute atomic E-state index is 8.39. The molecule has 1 aromatic heterocycles. The van der Waals surface area contributed by atoms with Gasteiger partial charge in [0.05, 0.1) is 12.5 Å². The van der Waals surface area contributed by atoms with Crippen molar-refractivity contribution in [3.05, 3.63) is 18.0 Å². The normalized spacial score (nSPS) is 9.31. The highest BCUT2D eigenvalue weighted by molar-refractivity contribution is 5.27. The molecule has 13 heavy (non-hydrogen) atoms. The molecule has 0 spiro atoms. The molecule has 0 atom stereocenters. The molecule has 4 heteroatoms. The van der Waals surface area contributed by atoms with E-state index in [-0.39, 0.29) is 0 Å². The molecule has 0 unspecified atom stereocenters. The highest BCUT2D eigenvalue weighted by Crippen LogP contribution is 2.04. The average molecular weight is 176 g/mol. The Labute approximate surface area is 77.8 Å². The van der Waals surface area contributed by atoms with Gasteiger partial charge < -0.3 is 4.90 Å². The van der Waals surface area contributed by atoms with Crippen LogP contribution >= 0.6 is 0 Å². The molecule has 0 N–H and O–H groups in total. The number of nitrogens with zero attached hydrogens (tertiary/aromatic N) is 4. The first-order chi connectivity index (χ1) is 6.24. The standard InChI is InChI=1S/C9H12N4/c1-8-6-11-9(12-7-8)13(2)5-3-4-10/h6-7H,3,5H2,1-2H3. The van der Waals surface area contributed by atoms with Gasteiger partial charge in [0, 0.05) is 26.0 Å². The van der Waals surface area contributed by atoms with E-state index in [1.165, 1.54) is 0 Å². The summed E-state index contributed by atoms with van der Waals surface area (Å²) < 4.78 is 0. The molecule has 0 saturated heterocycles. The molecule has 1 heterocycles. The lowest BCUT2D eigenvalue weighted by molar-refractivity contribution is 0.856. The van der Waals surface area contributed by atoms with Gasteiger partial charge in [-0.15, -0.1) is 0 Å². The minimum atomic E-state index is 0.494. The summed E-state index contributed by atoms with van der Waals surface area (Å²) in [5.74, 6) is 0.667. The second kappa shape index (κ2) is 4.41. The van der Waals surface area contributed by atoms with Crippen LogP contribution in [0.1, 0.15) is 12.0 Å². The third kappa shape index (κ3) is 2.71. The largest absolute Gasteiger partial charge is 0.343 e. The summed E-state index contributed by atoms with van der Waals surface area (Å²) >= 11 is 0. The van der Waals surface area contributed by atoms with Gasteiger partial charge in [-0.2, -0.15) is 5.26 Å². The van der Waals surface area contributed by atoms with E-state index in [1.807, 2.05) is 18.9 Å². The number of rotatable bonds is 3. The maximum Gasteiger partial charge on any atom is 0.225 e. The SMILES string of the molecule is Cc1cnc(N(C)CCC#N)nc1. The van der Waals surface area contributed by atoms with Crippen LogP contribution < -0.4 is 4.90 Å². The third-order valence-corrected chi connectivity index (χ3v) is 1.67. The van der Waals surface area contributed by atoms with Gasteiger partial charge in [0.1, 0.15) is 0 Å². The van der Waals surface area contributed by atoms with E-state index in [2.05, 4.69) is 16.0 Å². The Balaban J connectivity index is 2.62. The molecule has 68 valence electrons. The van der Waals surface area contributed by atoms with E-state index in [1.54, 1.807) is 12.4 Å². The van der Waals surface area contributed by atoms with Crippen LogP contribution in [0.25, 0.3) is 0 Å². The Morgan fingerprint density at radius 1 is 1.46 bits per heavy atom.